The van der Waals surface area contributed by atoms with Gasteiger partial charge in [-0.05, 0) is 62.1 Å². The molecule has 9 nitrogen and oxygen atoms in total. The predicted octanol–water partition coefficient (Wildman–Crippen LogP) is 2.80. The number of carbonyl (C=O) groups is 1. The molecule has 9 heteroatoms. The molecule has 1 aliphatic carbocycles. The normalized spacial score (nSPS) is 16.9. The van der Waals surface area contributed by atoms with E-state index in [0.717, 1.165) is 5.75 Å². The minimum absolute atomic E-state index is 0.0442. The highest BCUT2D eigenvalue weighted by Gasteiger charge is 2.35. The van der Waals surface area contributed by atoms with Gasteiger partial charge in [-0.3, -0.25) is 13.9 Å². The predicted molar refractivity (Wildman–Crippen MR) is 128 cm³/mol. The van der Waals surface area contributed by atoms with Crippen LogP contribution in [-0.4, -0.2) is 31.1 Å². The van der Waals surface area contributed by atoms with E-state index in [2.05, 4.69) is 27.1 Å². The minimum Gasteiger partial charge on any atom is -0.457 e. The molecule has 2 aromatic heterocycles. The van der Waals surface area contributed by atoms with Crippen LogP contribution in [0.2, 0.25) is 0 Å². The molecule has 3 N–H and O–H groups in total. The van der Waals surface area contributed by atoms with Gasteiger partial charge in [0.15, 0.2) is 11.5 Å². The lowest BCUT2D eigenvalue weighted by Crippen LogP contribution is -2.46. The number of fused-ring (bicyclic) bond motifs is 1. The Hall–Kier alpha value is -4.58. The van der Waals surface area contributed by atoms with E-state index in [-0.39, 0.29) is 29.5 Å². The Kier molecular flexibility index (Phi) is 5.47. The Morgan fingerprint density at radius 3 is 2.50 bits per heavy atom. The number of ether oxygens (including phenoxy) is 1. The maximum Gasteiger partial charge on any atom is 0.335 e. The standard InChI is InChI=1S/C25H22N6O3/c1-2-6-21(32)29-16-13-18(14-16)31-24-22(23(26)27-15-28-24)30(25(31)33)17-9-11-20(12-10-17)34-19-7-4-3-5-8-19/h3-5,7-12,15-16,18H,13-14H2,1H3,(H,29,32)(H2,26,27,28)/t16-,18+. The number of nitrogens with one attached hydrogen (secondary N) is 1. The number of amides is 1. The molecular formula is C25H22N6O3. The van der Waals surface area contributed by atoms with Crippen LogP contribution in [0.5, 0.6) is 11.5 Å². The van der Waals surface area contributed by atoms with Crippen LogP contribution in [0.4, 0.5) is 5.82 Å². The second kappa shape index (κ2) is 8.75. The van der Waals surface area contributed by atoms with Gasteiger partial charge in [0.2, 0.25) is 0 Å². The van der Waals surface area contributed by atoms with E-state index in [9.17, 15) is 9.59 Å². The molecule has 2 aromatic carbocycles. The maximum absolute atomic E-state index is 13.5. The molecule has 0 spiro atoms. The first-order chi connectivity index (χ1) is 16.5. The van der Waals surface area contributed by atoms with Crippen molar-refractivity contribution in [2.45, 2.75) is 31.8 Å². The van der Waals surface area contributed by atoms with E-state index in [4.69, 9.17) is 10.5 Å². The molecule has 0 unspecified atom stereocenters. The molecule has 1 fully saturated rings. The molecule has 0 aliphatic heterocycles. The number of nitrogens with two attached hydrogens (primary N) is 1. The zero-order chi connectivity index (χ0) is 23.7. The molecule has 4 aromatic rings. The van der Waals surface area contributed by atoms with E-state index in [1.54, 1.807) is 35.8 Å². The highest BCUT2D eigenvalue weighted by molar-refractivity contribution is 5.93. The van der Waals surface area contributed by atoms with E-state index in [0.29, 0.717) is 35.4 Å². The fourth-order valence-electron chi connectivity index (χ4n) is 4.18. The number of para-hydroxylation sites is 1. The van der Waals surface area contributed by atoms with Crippen LogP contribution in [0.25, 0.3) is 16.9 Å². The molecule has 0 radical (unpaired) electrons. The Bertz CT molecular complexity index is 1470. The SMILES string of the molecule is CC#CC(=O)N[C@H]1C[C@@H](n2c(=O)n(-c3ccc(Oc4ccccc4)cc3)c3c(N)ncnc32)C1. The lowest BCUT2D eigenvalue weighted by Gasteiger charge is -2.35. The van der Waals surface area contributed by atoms with Gasteiger partial charge < -0.3 is 15.8 Å². The number of imidazole rings is 1. The average Bonchev–Trinajstić information content (AvgIpc) is 3.10. The van der Waals surface area contributed by atoms with Crippen LogP contribution in [0.15, 0.2) is 65.7 Å². The third-order valence-electron chi connectivity index (χ3n) is 5.81. The van der Waals surface area contributed by atoms with E-state index in [1.807, 2.05) is 30.3 Å². The molecule has 0 saturated heterocycles. The van der Waals surface area contributed by atoms with Crippen molar-refractivity contribution in [1.82, 2.24) is 24.4 Å². The van der Waals surface area contributed by atoms with Crippen molar-refractivity contribution in [2.24, 2.45) is 0 Å². The van der Waals surface area contributed by atoms with Gasteiger partial charge in [-0.25, -0.2) is 14.8 Å². The van der Waals surface area contributed by atoms with Gasteiger partial charge in [-0.2, -0.15) is 0 Å². The van der Waals surface area contributed by atoms with Crippen LogP contribution < -0.4 is 21.5 Å². The van der Waals surface area contributed by atoms with Gasteiger partial charge in [0.25, 0.3) is 5.91 Å². The first-order valence-corrected chi connectivity index (χ1v) is 10.8. The molecule has 0 atom stereocenters. The second-order valence-electron chi connectivity index (χ2n) is 8.00. The smallest absolute Gasteiger partial charge is 0.335 e. The summed E-state index contributed by atoms with van der Waals surface area (Å²) in [7, 11) is 0. The van der Waals surface area contributed by atoms with Crippen molar-refractivity contribution in [3.63, 3.8) is 0 Å². The van der Waals surface area contributed by atoms with Crippen molar-refractivity contribution in [2.75, 3.05) is 5.73 Å². The summed E-state index contributed by atoms with van der Waals surface area (Å²) in [6, 6.07) is 16.5. The zero-order valence-corrected chi connectivity index (χ0v) is 18.4. The molecule has 170 valence electrons. The molecule has 34 heavy (non-hydrogen) atoms. The van der Waals surface area contributed by atoms with Crippen molar-refractivity contribution in [1.29, 1.82) is 0 Å². The van der Waals surface area contributed by atoms with Gasteiger partial charge in [0.1, 0.15) is 23.3 Å². The van der Waals surface area contributed by atoms with Gasteiger partial charge in [0.05, 0.1) is 5.69 Å². The number of nitrogens with zero attached hydrogens (tertiary/aromatic N) is 4. The van der Waals surface area contributed by atoms with Gasteiger partial charge in [-0.15, -0.1) is 0 Å². The fraction of sp³-hybridized carbons (Fsp3) is 0.200. The van der Waals surface area contributed by atoms with Crippen molar-refractivity contribution in [3.8, 4) is 29.0 Å². The summed E-state index contributed by atoms with van der Waals surface area (Å²) in [5.74, 6) is 6.32. The topological polar surface area (TPSA) is 117 Å². The Balaban J connectivity index is 1.47. The largest absolute Gasteiger partial charge is 0.457 e. The minimum atomic E-state index is -0.315. The number of carbonyl (C=O) groups excluding carboxylic acids is 1. The van der Waals surface area contributed by atoms with Crippen LogP contribution >= 0.6 is 0 Å². The van der Waals surface area contributed by atoms with Crippen LogP contribution in [0.3, 0.4) is 0 Å². The van der Waals surface area contributed by atoms with Gasteiger partial charge >= 0.3 is 5.69 Å². The van der Waals surface area contributed by atoms with Crippen molar-refractivity contribution < 1.29 is 9.53 Å². The monoisotopic (exact) mass is 454 g/mol. The zero-order valence-electron chi connectivity index (χ0n) is 18.4. The third-order valence-corrected chi connectivity index (χ3v) is 5.81. The number of hydrogen-bond acceptors (Lipinski definition) is 6. The average molecular weight is 454 g/mol. The lowest BCUT2D eigenvalue weighted by molar-refractivity contribution is -0.117. The lowest BCUT2D eigenvalue weighted by atomic mass is 9.86. The van der Waals surface area contributed by atoms with Crippen LogP contribution in [-0.2, 0) is 4.79 Å². The number of nitrogen functional groups attached to an aromatic ring is 1. The first kappa shape index (κ1) is 21.3. The summed E-state index contributed by atoms with van der Waals surface area (Å²) in [5.41, 5.74) is 7.45. The first-order valence-electron chi connectivity index (χ1n) is 10.8. The molecule has 1 amide bonds. The molecule has 0 bridgehead atoms. The number of anilines is 1. The van der Waals surface area contributed by atoms with E-state index >= 15 is 0 Å². The van der Waals surface area contributed by atoms with Gasteiger partial charge in [0, 0.05) is 12.1 Å². The maximum atomic E-state index is 13.5. The Morgan fingerprint density at radius 2 is 1.79 bits per heavy atom. The number of rotatable bonds is 5. The molecular weight excluding hydrogens is 432 g/mol. The highest BCUT2D eigenvalue weighted by atomic mass is 16.5. The number of aromatic nitrogens is 4. The highest BCUT2D eigenvalue weighted by Crippen LogP contribution is 2.34. The summed E-state index contributed by atoms with van der Waals surface area (Å²) in [5, 5.41) is 2.85. The summed E-state index contributed by atoms with van der Waals surface area (Å²) in [6.07, 6.45) is 2.55. The third kappa shape index (κ3) is 3.86. The molecule has 5 rings (SSSR count). The molecule has 2 heterocycles. The second-order valence-corrected chi connectivity index (χ2v) is 8.00. The van der Waals surface area contributed by atoms with Crippen molar-refractivity contribution >= 4 is 22.9 Å². The summed E-state index contributed by atoms with van der Waals surface area (Å²) in [4.78, 5) is 33.7. The van der Waals surface area contributed by atoms with E-state index < -0.39 is 0 Å². The summed E-state index contributed by atoms with van der Waals surface area (Å²) >= 11 is 0. The molecule has 1 saturated carbocycles. The number of benzene rings is 2. The Labute approximate surface area is 195 Å². The molecule has 1 aliphatic rings. The fourth-order valence-corrected chi connectivity index (χ4v) is 4.18. The van der Waals surface area contributed by atoms with Crippen LogP contribution in [0, 0.1) is 11.8 Å². The Morgan fingerprint density at radius 1 is 1.09 bits per heavy atom. The van der Waals surface area contributed by atoms with Crippen LogP contribution in [0.1, 0.15) is 25.8 Å². The summed E-state index contributed by atoms with van der Waals surface area (Å²) in [6.45, 7) is 1.61. The quantitative estimate of drug-likeness (QED) is 0.448. The van der Waals surface area contributed by atoms with Crippen molar-refractivity contribution in [3.05, 3.63) is 71.4 Å². The number of hydrogen-bond donors (Lipinski definition) is 2. The summed E-state index contributed by atoms with van der Waals surface area (Å²) < 4.78 is 9.01. The van der Waals surface area contributed by atoms with E-state index in [1.165, 1.54) is 10.9 Å². The van der Waals surface area contributed by atoms with Gasteiger partial charge in [-0.1, -0.05) is 24.1 Å².